The van der Waals surface area contributed by atoms with Crippen LogP contribution in [-0.4, -0.2) is 60.1 Å². The maximum Gasteiger partial charge on any atom is 0.270 e. The van der Waals surface area contributed by atoms with Crippen molar-refractivity contribution in [1.29, 1.82) is 0 Å². The number of benzene rings is 2. The number of aromatic nitrogens is 1. The minimum absolute atomic E-state index is 0. The van der Waals surface area contributed by atoms with E-state index in [1.54, 1.807) is 17.0 Å². The zero-order valence-corrected chi connectivity index (χ0v) is 21.6. The van der Waals surface area contributed by atoms with Crippen LogP contribution in [0.5, 0.6) is 0 Å². The van der Waals surface area contributed by atoms with Crippen molar-refractivity contribution in [1.82, 2.24) is 9.88 Å². The maximum absolute atomic E-state index is 13.7. The smallest absolute Gasteiger partial charge is 0.270 e. The van der Waals surface area contributed by atoms with Crippen molar-refractivity contribution >= 4 is 72.1 Å². The molecule has 35 heavy (non-hydrogen) atoms. The number of halogens is 1. The molecule has 4 aromatic rings. The van der Waals surface area contributed by atoms with Gasteiger partial charge in [0.05, 0.1) is 33.2 Å². The molecule has 184 valence electrons. The summed E-state index contributed by atoms with van der Waals surface area (Å²) in [6.07, 6.45) is 0.816. The van der Waals surface area contributed by atoms with E-state index in [1.165, 1.54) is 34.8 Å². The minimum Gasteiger partial charge on any atom is -0.379 e. The predicted molar refractivity (Wildman–Crippen MR) is 144 cm³/mol. The van der Waals surface area contributed by atoms with Crippen LogP contribution in [0.15, 0.2) is 42.5 Å². The van der Waals surface area contributed by atoms with Gasteiger partial charge in [-0.1, -0.05) is 23.5 Å². The first-order chi connectivity index (χ1) is 16.5. The second kappa shape index (κ2) is 11.0. The fraction of sp³-hybridized carbons (Fsp3) is 0.333. The number of fused-ring (bicyclic) bond motifs is 2. The van der Waals surface area contributed by atoms with Crippen molar-refractivity contribution in [3.05, 3.63) is 63.0 Å². The van der Waals surface area contributed by atoms with Gasteiger partial charge in [0.2, 0.25) is 0 Å². The molecule has 0 atom stereocenters. The van der Waals surface area contributed by atoms with Gasteiger partial charge in [0.25, 0.3) is 11.6 Å². The molecule has 5 rings (SSSR count). The maximum atomic E-state index is 13.7. The van der Waals surface area contributed by atoms with Crippen LogP contribution < -0.4 is 4.90 Å². The van der Waals surface area contributed by atoms with Gasteiger partial charge in [0, 0.05) is 48.4 Å². The van der Waals surface area contributed by atoms with E-state index in [0.29, 0.717) is 21.9 Å². The summed E-state index contributed by atoms with van der Waals surface area (Å²) in [5.41, 5.74) is 2.02. The number of hydrogen-bond donors (Lipinski definition) is 0. The van der Waals surface area contributed by atoms with E-state index in [9.17, 15) is 14.9 Å². The topological polar surface area (TPSA) is 88.8 Å². The third kappa shape index (κ3) is 5.46. The number of rotatable bonds is 7. The lowest BCUT2D eigenvalue weighted by Gasteiger charge is -2.27. The number of nitro groups is 1. The molecule has 0 saturated carbocycles. The largest absolute Gasteiger partial charge is 0.379 e. The first-order valence-electron chi connectivity index (χ1n) is 11.2. The molecule has 2 aromatic carbocycles. The number of carbonyl (C=O) groups excluding carboxylic acids is 1. The van der Waals surface area contributed by atoms with E-state index in [-0.39, 0.29) is 24.0 Å². The molecule has 0 aliphatic carbocycles. The Kier molecular flexibility index (Phi) is 7.98. The normalized spacial score (nSPS) is 14.2. The summed E-state index contributed by atoms with van der Waals surface area (Å²) in [6.45, 7) is 6.75. The van der Waals surface area contributed by atoms with Gasteiger partial charge in [0.1, 0.15) is 0 Å². The highest BCUT2D eigenvalue weighted by atomic mass is 35.5. The van der Waals surface area contributed by atoms with Crippen LogP contribution in [0, 0.1) is 17.0 Å². The average Bonchev–Trinajstić information content (AvgIpc) is 3.47. The number of nitrogens with zero attached hydrogens (tertiary/aromatic N) is 4. The van der Waals surface area contributed by atoms with E-state index in [2.05, 4.69) is 4.90 Å². The number of para-hydroxylation sites is 1. The van der Waals surface area contributed by atoms with Crippen molar-refractivity contribution in [2.45, 2.75) is 13.3 Å². The van der Waals surface area contributed by atoms with Gasteiger partial charge >= 0.3 is 0 Å². The Bertz CT molecular complexity index is 1370. The van der Waals surface area contributed by atoms with Crippen molar-refractivity contribution in [3.8, 4) is 0 Å². The number of amides is 1. The first kappa shape index (κ1) is 25.5. The van der Waals surface area contributed by atoms with Crippen LogP contribution in [-0.2, 0) is 4.74 Å². The highest BCUT2D eigenvalue weighted by molar-refractivity contribution is 7.23. The second-order valence-electron chi connectivity index (χ2n) is 8.27. The van der Waals surface area contributed by atoms with Crippen LogP contribution >= 0.6 is 35.1 Å². The number of non-ortho nitro benzene ring substituents is 1. The SMILES string of the molecule is Cc1cccc2sc(N(CCCN3CCOCC3)C(=O)c3cc4cc([N+](=O)[O-])ccc4s3)nc12.Cl. The van der Waals surface area contributed by atoms with E-state index in [1.807, 2.05) is 25.1 Å². The van der Waals surface area contributed by atoms with E-state index in [4.69, 9.17) is 9.72 Å². The van der Waals surface area contributed by atoms with Crippen molar-refractivity contribution in [2.24, 2.45) is 0 Å². The van der Waals surface area contributed by atoms with Gasteiger partial charge in [0.15, 0.2) is 5.13 Å². The molecule has 1 fully saturated rings. The first-order valence-corrected chi connectivity index (χ1v) is 12.8. The summed E-state index contributed by atoms with van der Waals surface area (Å²) in [6, 6.07) is 12.5. The molecule has 0 unspecified atom stereocenters. The highest BCUT2D eigenvalue weighted by Gasteiger charge is 2.24. The van der Waals surface area contributed by atoms with Crippen LogP contribution in [0.2, 0.25) is 0 Å². The summed E-state index contributed by atoms with van der Waals surface area (Å²) >= 11 is 2.87. The minimum atomic E-state index is -0.417. The molecule has 1 aliphatic rings. The molecule has 1 amide bonds. The molecule has 1 aliphatic heterocycles. The van der Waals surface area contributed by atoms with Crippen LogP contribution in [0.4, 0.5) is 10.8 Å². The van der Waals surface area contributed by atoms with Crippen molar-refractivity contribution < 1.29 is 14.5 Å². The molecule has 0 radical (unpaired) electrons. The molecular weight excluding hydrogens is 508 g/mol. The lowest BCUT2D eigenvalue weighted by atomic mass is 10.2. The number of ether oxygens (including phenoxy) is 1. The van der Waals surface area contributed by atoms with Gasteiger partial charge in [-0.05, 0) is 37.1 Å². The highest BCUT2D eigenvalue weighted by Crippen LogP contribution is 2.34. The number of carbonyl (C=O) groups is 1. The van der Waals surface area contributed by atoms with Crippen LogP contribution in [0.1, 0.15) is 21.7 Å². The predicted octanol–water partition coefficient (Wildman–Crippen LogP) is 5.52. The Morgan fingerprint density at radius 3 is 2.71 bits per heavy atom. The summed E-state index contributed by atoms with van der Waals surface area (Å²) < 4.78 is 7.33. The fourth-order valence-corrected chi connectivity index (χ4v) is 6.19. The van der Waals surface area contributed by atoms with Gasteiger partial charge in [-0.25, -0.2) is 4.98 Å². The van der Waals surface area contributed by atoms with Gasteiger partial charge < -0.3 is 4.74 Å². The molecule has 0 spiro atoms. The Morgan fingerprint density at radius 1 is 1.17 bits per heavy atom. The number of hydrogen-bond acceptors (Lipinski definition) is 8. The summed E-state index contributed by atoms with van der Waals surface area (Å²) in [5.74, 6) is -0.123. The molecular formula is C24H25ClN4O4S2. The zero-order chi connectivity index (χ0) is 23.7. The van der Waals surface area contributed by atoms with E-state index >= 15 is 0 Å². The third-order valence-corrected chi connectivity index (χ3v) is 8.11. The average molecular weight is 533 g/mol. The lowest BCUT2D eigenvalue weighted by Crippen LogP contribution is -2.39. The van der Waals surface area contributed by atoms with Crippen molar-refractivity contribution in [2.75, 3.05) is 44.3 Å². The number of nitro benzene ring substituents is 1. The number of aryl methyl sites for hydroxylation is 1. The molecule has 3 heterocycles. The van der Waals surface area contributed by atoms with Crippen LogP contribution in [0.25, 0.3) is 20.3 Å². The summed E-state index contributed by atoms with van der Waals surface area (Å²) in [5, 5.41) is 12.5. The number of thiazole rings is 1. The molecule has 0 bridgehead atoms. The Morgan fingerprint density at radius 2 is 1.97 bits per heavy atom. The molecule has 2 aromatic heterocycles. The molecule has 8 nitrogen and oxygen atoms in total. The van der Waals surface area contributed by atoms with E-state index in [0.717, 1.165) is 59.7 Å². The molecule has 11 heteroatoms. The van der Waals surface area contributed by atoms with Gasteiger partial charge in [-0.15, -0.1) is 23.7 Å². The van der Waals surface area contributed by atoms with Crippen molar-refractivity contribution in [3.63, 3.8) is 0 Å². The molecule has 1 saturated heterocycles. The Hall–Kier alpha value is -2.63. The lowest BCUT2D eigenvalue weighted by molar-refractivity contribution is -0.384. The second-order valence-corrected chi connectivity index (χ2v) is 10.4. The Labute approximate surface area is 216 Å². The quantitative estimate of drug-likeness (QED) is 0.230. The van der Waals surface area contributed by atoms with Gasteiger partial charge in [-0.3, -0.25) is 24.7 Å². The van der Waals surface area contributed by atoms with Gasteiger partial charge in [-0.2, -0.15) is 0 Å². The van der Waals surface area contributed by atoms with Crippen LogP contribution in [0.3, 0.4) is 0 Å². The zero-order valence-electron chi connectivity index (χ0n) is 19.1. The number of anilines is 1. The fourth-order valence-electron chi connectivity index (χ4n) is 4.13. The monoisotopic (exact) mass is 532 g/mol. The summed E-state index contributed by atoms with van der Waals surface area (Å²) in [4.78, 5) is 33.9. The van der Waals surface area contributed by atoms with E-state index < -0.39 is 4.92 Å². The number of thiophene rings is 1. The Balaban J connectivity index is 0.00000289. The number of morpholine rings is 1. The third-order valence-electron chi connectivity index (χ3n) is 5.97. The standard InChI is InChI=1S/C24H24N4O4S2.ClH/c1-16-4-2-5-20-22(16)25-24(34-20)27(9-3-8-26-10-12-32-13-11-26)23(29)21-15-17-14-18(28(30)31)6-7-19(17)33-21;/h2,4-7,14-15H,3,8-13H2,1H3;1H. The summed E-state index contributed by atoms with van der Waals surface area (Å²) in [7, 11) is 0. The molecule has 0 N–H and O–H groups in total.